The first-order chi connectivity index (χ1) is 9.50. The normalized spacial score (nSPS) is 34.0. The maximum atomic E-state index is 6.31. The number of hydrogen-bond acceptors (Lipinski definition) is 3. The van der Waals surface area contributed by atoms with Crippen LogP contribution in [0.3, 0.4) is 0 Å². The summed E-state index contributed by atoms with van der Waals surface area (Å²) < 4.78 is 0. The molecule has 2 atom stereocenters. The summed E-state index contributed by atoms with van der Waals surface area (Å²) in [5.74, 6) is 0.755. The monoisotopic (exact) mass is 281 g/mol. The summed E-state index contributed by atoms with van der Waals surface area (Å²) in [6, 6.07) is 1.42. The van der Waals surface area contributed by atoms with Gasteiger partial charge in [-0.2, -0.15) is 0 Å². The number of rotatable bonds is 4. The van der Waals surface area contributed by atoms with Gasteiger partial charge in [0.2, 0.25) is 0 Å². The molecule has 2 N–H and O–H groups in total. The van der Waals surface area contributed by atoms with Gasteiger partial charge in [-0.1, -0.05) is 13.8 Å². The Morgan fingerprint density at radius 3 is 2.40 bits per heavy atom. The van der Waals surface area contributed by atoms with E-state index in [0.717, 1.165) is 18.5 Å². The Balaban J connectivity index is 2.12. The first-order valence-electron chi connectivity index (χ1n) is 8.71. The van der Waals surface area contributed by atoms with Gasteiger partial charge in [0, 0.05) is 30.7 Å². The van der Waals surface area contributed by atoms with Crippen molar-refractivity contribution in [2.45, 2.75) is 77.4 Å². The Hall–Kier alpha value is -0.120. The van der Waals surface area contributed by atoms with Crippen molar-refractivity contribution in [2.24, 2.45) is 11.7 Å². The summed E-state index contributed by atoms with van der Waals surface area (Å²) in [5, 5.41) is 0. The molecule has 2 saturated heterocycles. The van der Waals surface area contributed by atoms with Crippen molar-refractivity contribution in [1.29, 1.82) is 0 Å². The molecule has 0 aromatic carbocycles. The molecule has 0 aliphatic carbocycles. The highest BCUT2D eigenvalue weighted by Crippen LogP contribution is 2.37. The zero-order valence-electron chi connectivity index (χ0n) is 14.1. The van der Waals surface area contributed by atoms with E-state index in [1.165, 1.54) is 51.7 Å². The van der Waals surface area contributed by atoms with Crippen LogP contribution in [0.15, 0.2) is 0 Å². The first kappa shape index (κ1) is 16.3. The van der Waals surface area contributed by atoms with Gasteiger partial charge in [-0.05, 0) is 65.0 Å². The van der Waals surface area contributed by atoms with Crippen LogP contribution in [0.2, 0.25) is 0 Å². The van der Waals surface area contributed by atoms with Gasteiger partial charge >= 0.3 is 0 Å². The molecule has 3 heteroatoms. The second kappa shape index (κ2) is 6.76. The lowest BCUT2D eigenvalue weighted by molar-refractivity contribution is 0.0462. The van der Waals surface area contributed by atoms with E-state index in [1.54, 1.807) is 0 Å². The van der Waals surface area contributed by atoms with Crippen molar-refractivity contribution in [1.82, 2.24) is 9.80 Å². The SMILES string of the molecule is CC(C)C1CCCN1C1(CN)CCCN(C(C)C)CC1. The maximum Gasteiger partial charge on any atom is 0.0347 e. The van der Waals surface area contributed by atoms with Gasteiger partial charge < -0.3 is 10.6 Å². The highest BCUT2D eigenvalue weighted by atomic mass is 15.3. The van der Waals surface area contributed by atoms with Crippen LogP contribution in [-0.2, 0) is 0 Å². The predicted molar refractivity (Wildman–Crippen MR) is 86.9 cm³/mol. The van der Waals surface area contributed by atoms with Crippen molar-refractivity contribution in [3.05, 3.63) is 0 Å². The van der Waals surface area contributed by atoms with E-state index in [4.69, 9.17) is 5.73 Å². The summed E-state index contributed by atoms with van der Waals surface area (Å²) in [4.78, 5) is 5.44. The minimum absolute atomic E-state index is 0.273. The van der Waals surface area contributed by atoms with Gasteiger partial charge in [0.15, 0.2) is 0 Å². The molecule has 3 nitrogen and oxygen atoms in total. The third-order valence-corrected chi connectivity index (χ3v) is 5.74. The summed E-state index contributed by atoms with van der Waals surface area (Å²) >= 11 is 0. The van der Waals surface area contributed by atoms with E-state index in [2.05, 4.69) is 37.5 Å². The molecule has 2 fully saturated rings. The number of nitrogens with two attached hydrogens (primary N) is 1. The molecule has 20 heavy (non-hydrogen) atoms. The third-order valence-electron chi connectivity index (χ3n) is 5.74. The average Bonchev–Trinajstić information content (AvgIpc) is 2.80. The molecule has 2 heterocycles. The maximum absolute atomic E-state index is 6.31. The molecular weight excluding hydrogens is 246 g/mol. The van der Waals surface area contributed by atoms with Crippen LogP contribution in [0.4, 0.5) is 0 Å². The average molecular weight is 281 g/mol. The van der Waals surface area contributed by atoms with Gasteiger partial charge in [0.1, 0.15) is 0 Å². The highest BCUT2D eigenvalue weighted by Gasteiger charge is 2.43. The summed E-state index contributed by atoms with van der Waals surface area (Å²) in [5.41, 5.74) is 6.58. The van der Waals surface area contributed by atoms with Crippen molar-refractivity contribution in [2.75, 3.05) is 26.2 Å². The van der Waals surface area contributed by atoms with Crippen LogP contribution in [0.25, 0.3) is 0 Å². The van der Waals surface area contributed by atoms with Crippen LogP contribution >= 0.6 is 0 Å². The summed E-state index contributed by atoms with van der Waals surface area (Å²) in [6.45, 7) is 14.0. The molecular formula is C17H35N3. The molecule has 2 unspecified atom stereocenters. The van der Waals surface area contributed by atoms with E-state index < -0.39 is 0 Å². The summed E-state index contributed by atoms with van der Waals surface area (Å²) in [7, 11) is 0. The molecule has 0 bridgehead atoms. The van der Waals surface area contributed by atoms with Gasteiger partial charge in [-0.3, -0.25) is 4.90 Å². The van der Waals surface area contributed by atoms with Gasteiger partial charge in [0.25, 0.3) is 0 Å². The second-order valence-electron chi connectivity index (χ2n) is 7.56. The van der Waals surface area contributed by atoms with Crippen LogP contribution in [0.5, 0.6) is 0 Å². The zero-order valence-corrected chi connectivity index (χ0v) is 14.1. The fourth-order valence-corrected chi connectivity index (χ4v) is 4.40. The van der Waals surface area contributed by atoms with E-state index in [0.29, 0.717) is 6.04 Å². The fraction of sp³-hybridized carbons (Fsp3) is 1.00. The van der Waals surface area contributed by atoms with Crippen LogP contribution in [-0.4, -0.2) is 53.6 Å². The Kier molecular flexibility index (Phi) is 5.49. The number of nitrogens with zero attached hydrogens (tertiary/aromatic N) is 2. The van der Waals surface area contributed by atoms with Crippen LogP contribution < -0.4 is 5.73 Å². The van der Waals surface area contributed by atoms with Crippen molar-refractivity contribution in [3.8, 4) is 0 Å². The standard InChI is InChI=1S/C17H35N3/c1-14(2)16-7-5-11-20(16)17(13-18)8-6-10-19(12-9-17)15(3)4/h14-16H,5-13,18H2,1-4H3. The van der Waals surface area contributed by atoms with Crippen molar-refractivity contribution >= 4 is 0 Å². The zero-order chi connectivity index (χ0) is 14.8. The smallest absolute Gasteiger partial charge is 0.0347 e. The fourth-order valence-electron chi connectivity index (χ4n) is 4.40. The van der Waals surface area contributed by atoms with E-state index >= 15 is 0 Å². The van der Waals surface area contributed by atoms with Gasteiger partial charge in [0.05, 0.1) is 0 Å². The number of likely N-dealkylation sites (tertiary alicyclic amines) is 2. The number of hydrogen-bond donors (Lipinski definition) is 1. The Morgan fingerprint density at radius 2 is 1.80 bits per heavy atom. The molecule has 2 rings (SSSR count). The molecule has 0 aromatic heterocycles. The lowest BCUT2D eigenvalue weighted by atomic mass is 9.86. The predicted octanol–water partition coefficient (Wildman–Crippen LogP) is 2.70. The van der Waals surface area contributed by atoms with Crippen LogP contribution in [0, 0.1) is 5.92 Å². The van der Waals surface area contributed by atoms with E-state index in [-0.39, 0.29) is 5.54 Å². The Bertz CT molecular complexity index is 303. The van der Waals surface area contributed by atoms with E-state index in [9.17, 15) is 0 Å². The molecule has 2 aliphatic heterocycles. The van der Waals surface area contributed by atoms with Crippen LogP contribution in [0.1, 0.15) is 59.8 Å². The molecule has 0 amide bonds. The molecule has 118 valence electrons. The van der Waals surface area contributed by atoms with Crippen molar-refractivity contribution in [3.63, 3.8) is 0 Å². The first-order valence-corrected chi connectivity index (χ1v) is 8.71. The Labute approximate surface area is 125 Å². The third kappa shape index (κ3) is 3.20. The molecule has 2 aliphatic rings. The molecule has 0 saturated carbocycles. The Morgan fingerprint density at radius 1 is 1.05 bits per heavy atom. The largest absolute Gasteiger partial charge is 0.329 e. The second-order valence-corrected chi connectivity index (χ2v) is 7.56. The summed E-state index contributed by atoms with van der Waals surface area (Å²) in [6.07, 6.45) is 6.57. The van der Waals surface area contributed by atoms with E-state index in [1.807, 2.05) is 0 Å². The molecule has 0 radical (unpaired) electrons. The minimum atomic E-state index is 0.273. The molecule has 0 aromatic rings. The highest BCUT2D eigenvalue weighted by molar-refractivity contribution is 5.00. The topological polar surface area (TPSA) is 32.5 Å². The quantitative estimate of drug-likeness (QED) is 0.860. The minimum Gasteiger partial charge on any atom is -0.329 e. The van der Waals surface area contributed by atoms with Crippen molar-refractivity contribution < 1.29 is 0 Å². The van der Waals surface area contributed by atoms with Gasteiger partial charge in [-0.25, -0.2) is 0 Å². The lowest BCUT2D eigenvalue weighted by Gasteiger charge is -2.45. The van der Waals surface area contributed by atoms with Gasteiger partial charge in [-0.15, -0.1) is 0 Å². The lowest BCUT2D eigenvalue weighted by Crippen LogP contribution is -2.57. The molecule has 0 spiro atoms.